The van der Waals surface area contributed by atoms with Crippen molar-refractivity contribution in [2.45, 2.75) is 0 Å². The van der Waals surface area contributed by atoms with Gasteiger partial charge < -0.3 is 5.11 Å². The average molecular weight is 334 g/mol. The Bertz CT molecular complexity index is 861. The molecule has 3 aromatic rings. The number of aromatic amines is 1. The number of rotatable bonds is 3. The molecular weight excluding hydrogens is 325 g/mol. The van der Waals surface area contributed by atoms with Crippen LogP contribution < -0.4 is 0 Å². The van der Waals surface area contributed by atoms with Crippen LogP contribution in [-0.4, -0.2) is 26.5 Å². The van der Waals surface area contributed by atoms with Gasteiger partial charge in [-0.1, -0.05) is 52.7 Å². The van der Waals surface area contributed by atoms with Gasteiger partial charge in [0, 0.05) is 5.56 Å². The normalized spacial score (nSPS) is 10.6. The zero-order valence-corrected chi connectivity index (χ0v) is 12.6. The molecule has 2 N–H and O–H groups in total. The van der Waals surface area contributed by atoms with E-state index in [0.717, 1.165) is 11.1 Å². The van der Waals surface area contributed by atoms with E-state index in [4.69, 9.17) is 28.3 Å². The molecule has 22 heavy (non-hydrogen) atoms. The number of hydrogen-bond donors (Lipinski definition) is 2. The van der Waals surface area contributed by atoms with Crippen LogP contribution >= 0.6 is 23.2 Å². The number of carboxylic acid groups (broad SMARTS) is 1. The summed E-state index contributed by atoms with van der Waals surface area (Å²) >= 11 is 11.9. The summed E-state index contributed by atoms with van der Waals surface area (Å²) in [4.78, 5) is 11.1. The third-order valence-electron chi connectivity index (χ3n) is 3.15. The van der Waals surface area contributed by atoms with Gasteiger partial charge in [0.25, 0.3) is 0 Å². The molecule has 0 amide bonds. The lowest BCUT2D eigenvalue weighted by atomic mass is 10.0. The molecule has 0 aliphatic carbocycles. The maximum absolute atomic E-state index is 11.1. The highest BCUT2D eigenvalue weighted by atomic mass is 35.5. The molecule has 1 aromatic heterocycles. The van der Waals surface area contributed by atoms with Crippen LogP contribution in [0.4, 0.5) is 0 Å². The second-order valence-electron chi connectivity index (χ2n) is 4.55. The van der Waals surface area contributed by atoms with Gasteiger partial charge in [0.1, 0.15) is 5.69 Å². The minimum atomic E-state index is -1.11. The lowest BCUT2D eigenvalue weighted by Gasteiger charge is -2.06. The summed E-state index contributed by atoms with van der Waals surface area (Å²) in [5, 5.41) is 19.8. The van der Waals surface area contributed by atoms with Gasteiger partial charge in [0.15, 0.2) is 5.69 Å². The smallest absolute Gasteiger partial charge is 0.356 e. The topological polar surface area (TPSA) is 78.9 Å². The maximum atomic E-state index is 11.1. The number of H-pyrrole nitrogens is 1. The lowest BCUT2D eigenvalue weighted by molar-refractivity contribution is 0.0691. The SMILES string of the molecule is O=C(O)c1[nH]nnc1-c1cccc(-c2ccc(Cl)c(Cl)c2)c1. The van der Waals surface area contributed by atoms with Crippen molar-refractivity contribution in [1.82, 2.24) is 15.4 Å². The van der Waals surface area contributed by atoms with Crippen LogP contribution in [0.3, 0.4) is 0 Å². The molecule has 7 heteroatoms. The molecular formula is C15H9Cl2N3O2. The van der Waals surface area contributed by atoms with E-state index in [-0.39, 0.29) is 11.4 Å². The lowest BCUT2D eigenvalue weighted by Crippen LogP contribution is -1.99. The molecule has 0 unspecified atom stereocenters. The number of aromatic carboxylic acids is 1. The van der Waals surface area contributed by atoms with Gasteiger partial charge in [-0.15, -0.1) is 5.10 Å². The second kappa shape index (κ2) is 5.79. The fourth-order valence-electron chi connectivity index (χ4n) is 2.10. The first-order chi connectivity index (χ1) is 10.6. The summed E-state index contributed by atoms with van der Waals surface area (Å²) in [6, 6.07) is 12.6. The third kappa shape index (κ3) is 2.68. The number of benzene rings is 2. The zero-order chi connectivity index (χ0) is 15.7. The summed E-state index contributed by atoms with van der Waals surface area (Å²) < 4.78 is 0. The predicted octanol–water partition coefficient (Wildman–Crippen LogP) is 4.14. The highest BCUT2D eigenvalue weighted by Gasteiger charge is 2.16. The van der Waals surface area contributed by atoms with E-state index < -0.39 is 5.97 Å². The highest BCUT2D eigenvalue weighted by Crippen LogP contribution is 2.31. The summed E-state index contributed by atoms with van der Waals surface area (Å²) in [7, 11) is 0. The van der Waals surface area contributed by atoms with Crippen LogP contribution in [0.25, 0.3) is 22.4 Å². The van der Waals surface area contributed by atoms with E-state index in [2.05, 4.69) is 15.4 Å². The number of hydrogen-bond acceptors (Lipinski definition) is 3. The number of nitrogens with one attached hydrogen (secondary N) is 1. The quantitative estimate of drug-likeness (QED) is 0.754. The van der Waals surface area contributed by atoms with Crippen molar-refractivity contribution in [3.05, 3.63) is 58.2 Å². The predicted molar refractivity (Wildman–Crippen MR) is 84.2 cm³/mol. The number of halogens is 2. The van der Waals surface area contributed by atoms with Crippen molar-refractivity contribution in [1.29, 1.82) is 0 Å². The Balaban J connectivity index is 2.08. The first kappa shape index (κ1) is 14.6. The van der Waals surface area contributed by atoms with Crippen LogP contribution in [0.5, 0.6) is 0 Å². The number of carboxylic acids is 1. The van der Waals surface area contributed by atoms with Gasteiger partial charge in [0.2, 0.25) is 0 Å². The molecule has 0 saturated heterocycles. The molecule has 0 saturated carbocycles. The Morgan fingerprint density at radius 3 is 2.45 bits per heavy atom. The van der Waals surface area contributed by atoms with E-state index in [1.54, 1.807) is 18.2 Å². The monoisotopic (exact) mass is 333 g/mol. The molecule has 0 bridgehead atoms. The van der Waals surface area contributed by atoms with Crippen molar-refractivity contribution in [2.24, 2.45) is 0 Å². The fourth-order valence-corrected chi connectivity index (χ4v) is 2.40. The molecule has 0 aliphatic rings. The summed E-state index contributed by atoms with van der Waals surface area (Å²) in [5.74, 6) is -1.11. The molecule has 0 aliphatic heterocycles. The number of aromatic nitrogens is 3. The van der Waals surface area contributed by atoms with Crippen LogP contribution in [0.1, 0.15) is 10.5 Å². The molecule has 0 spiro atoms. The van der Waals surface area contributed by atoms with E-state index >= 15 is 0 Å². The largest absolute Gasteiger partial charge is 0.476 e. The van der Waals surface area contributed by atoms with Crippen LogP contribution in [0, 0.1) is 0 Å². The van der Waals surface area contributed by atoms with Crippen molar-refractivity contribution >= 4 is 29.2 Å². The molecule has 3 rings (SSSR count). The molecule has 5 nitrogen and oxygen atoms in total. The van der Waals surface area contributed by atoms with Gasteiger partial charge >= 0.3 is 5.97 Å². The van der Waals surface area contributed by atoms with E-state index in [9.17, 15) is 4.79 Å². The standard InChI is InChI=1S/C15H9Cl2N3O2/c16-11-5-4-9(7-12(11)17)8-2-1-3-10(6-8)13-14(15(21)22)19-20-18-13/h1-7H,(H,21,22)(H,18,19,20). The van der Waals surface area contributed by atoms with Gasteiger partial charge in [-0.3, -0.25) is 5.10 Å². The van der Waals surface area contributed by atoms with Crippen LogP contribution in [0.15, 0.2) is 42.5 Å². The summed E-state index contributed by atoms with van der Waals surface area (Å²) in [6.45, 7) is 0. The highest BCUT2D eigenvalue weighted by molar-refractivity contribution is 6.42. The molecule has 1 heterocycles. The molecule has 0 fully saturated rings. The minimum Gasteiger partial charge on any atom is -0.476 e. The third-order valence-corrected chi connectivity index (χ3v) is 3.89. The van der Waals surface area contributed by atoms with Crippen molar-refractivity contribution in [3.63, 3.8) is 0 Å². The van der Waals surface area contributed by atoms with Crippen LogP contribution in [-0.2, 0) is 0 Å². The van der Waals surface area contributed by atoms with Gasteiger partial charge in [-0.25, -0.2) is 4.79 Å². The zero-order valence-electron chi connectivity index (χ0n) is 11.0. The van der Waals surface area contributed by atoms with E-state index in [1.165, 1.54) is 0 Å². The molecule has 0 atom stereocenters. The average Bonchev–Trinajstić information content (AvgIpc) is 3.00. The summed E-state index contributed by atoms with van der Waals surface area (Å²) in [5.41, 5.74) is 2.63. The Morgan fingerprint density at radius 2 is 1.73 bits per heavy atom. The Hall–Kier alpha value is -2.37. The van der Waals surface area contributed by atoms with E-state index in [1.807, 2.05) is 24.3 Å². The first-order valence-corrected chi connectivity index (χ1v) is 7.02. The maximum Gasteiger partial charge on any atom is 0.356 e. The molecule has 0 radical (unpaired) electrons. The summed E-state index contributed by atoms with van der Waals surface area (Å²) in [6.07, 6.45) is 0. The minimum absolute atomic E-state index is 0.0497. The first-order valence-electron chi connectivity index (χ1n) is 6.26. The van der Waals surface area contributed by atoms with Crippen molar-refractivity contribution in [2.75, 3.05) is 0 Å². The number of nitrogens with zero attached hydrogens (tertiary/aromatic N) is 2. The number of carbonyl (C=O) groups is 1. The van der Waals surface area contributed by atoms with Crippen molar-refractivity contribution in [3.8, 4) is 22.4 Å². The molecule has 2 aromatic carbocycles. The second-order valence-corrected chi connectivity index (χ2v) is 5.36. The van der Waals surface area contributed by atoms with Crippen molar-refractivity contribution < 1.29 is 9.90 Å². The fraction of sp³-hybridized carbons (Fsp3) is 0. The Morgan fingerprint density at radius 1 is 1.00 bits per heavy atom. The van der Waals surface area contributed by atoms with Gasteiger partial charge in [-0.05, 0) is 29.3 Å². The van der Waals surface area contributed by atoms with Gasteiger partial charge in [-0.2, -0.15) is 0 Å². The Kier molecular flexibility index (Phi) is 3.83. The van der Waals surface area contributed by atoms with Crippen LogP contribution in [0.2, 0.25) is 10.0 Å². The Labute approximate surface area is 135 Å². The van der Waals surface area contributed by atoms with Gasteiger partial charge in [0.05, 0.1) is 10.0 Å². The molecule has 110 valence electrons. The van der Waals surface area contributed by atoms with E-state index in [0.29, 0.717) is 15.6 Å².